The van der Waals surface area contributed by atoms with Gasteiger partial charge in [0, 0.05) is 6.54 Å². The fraction of sp³-hybridized carbons (Fsp3) is 0.833. The van der Waals surface area contributed by atoms with Crippen molar-refractivity contribution in [1.29, 1.82) is 0 Å². The summed E-state index contributed by atoms with van der Waals surface area (Å²) in [6, 6.07) is 0.440. The average molecular weight is 127 g/mol. The zero-order chi connectivity index (χ0) is 6.69. The molecule has 1 atom stereocenters. The zero-order valence-corrected chi connectivity index (χ0v) is 5.72. The molecule has 0 radical (unpaired) electrons. The smallest absolute Gasteiger partial charge is 0.0909 e. The molecule has 1 rings (SSSR count). The van der Waals surface area contributed by atoms with Crippen LogP contribution in [0.5, 0.6) is 0 Å². The Morgan fingerprint density at radius 2 is 2.56 bits per heavy atom. The molecule has 0 aromatic rings. The van der Waals surface area contributed by atoms with Crippen LogP contribution < -0.4 is 11.1 Å². The standard InChI is InChI=1S/C6H13N3/c1-5(7)9-6-2-3-8-4-6/h6,8H,2-4H2,1H3,(H2,7,9). The van der Waals surface area contributed by atoms with Crippen molar-refractivity contribution in [2.24, 2.45) is 10.7 Å². The zero-order valence-electron chi connectivity index (χ0n) is 5.72. The van der Waals surface area contributed by atoms with E-state index < -0.39 is 0 Å². The molecule has 0 aliphatic carbocycles. The van der Waals surface area contributed by atoms with Crippen LogP contribution in [-0.4, -0.2) is 25.0 Å². The lowest BCUT2D eigenvalue weighted by Gasteiger charge is -1.99. The number of nitrogens with one attached hydrogen (secondary N) is 1. The molecule has 0 spiro atoms. The molecule has 3 heteroatoms. The van der Waals surface area contributed by atoms with Gasteiger partial charge in [0.15, 0.2) is 0 Å². The first-order valence-corrected chi connectivity index (χ1v) is 3.29. The Hall–Kier alpha value is -0.570. The number of hydrogen-bond donors (Lipinski definition) is 2. The topological polar surface area (TPSA) is 50.4 Å². The molecule has 1 heterocycles. The van der Waals surface area contributed by atoms with Gasteiger partial charge in [-0.2, -0.15) is 0 Å². The van der Waals surface area contributed by atoms with Gasteiger partial charge in [-0.1, -0.05) is 0 Å². The predicted molar refractivity (Wildman–Crippen MR) is 38.6 cm³/mol. The van der Waals surface area contributed by atoms with E-state index in [-0.39, 0.29) is 0 Å². The number of nitrogens with two attached hydrogens (primary N) is 1. The minimum Gasteiger partial charge on any atom is -0.388 e. The lowest BCUT2D eigenvalue weighted by atomic mass is 10.3. The van der Waals surface area contributed by atoms with Gasteiger partial charge in [-0.3, -0.25) is 4.99 Å². The van der Waals surface area contributed by atoms with E-state index in [4.69, 9.17) is 5.73 Å². The maximum Gasteiger partial charge on any atom is 0.0909 e. The van der Waals surface area contributed by atoms with Crippen molar-refractivity contribution in [1.82, 2.24) is 5.32 Å². The maximum absolute atomic E-state index is 5.39. The highest BCUT2D eigenvalue weighted by Crippen LogP contribution is 2.01. The molecule has 3 N–H and O–H groups in total. The Morgan fingerprint density at radius 1 is 1.78 bits per heavy atom. The normalized spacial score (nSPS) is 29.0. The average Bonchev–Trinajstić information content (AvgIpc) is 2.15. The Labute approximate surface area is 55.3 Å². The van der Waals surface area contributed by atoms with Gasteiger partial charge >= 0.3 is 0 Å². The first-order valence-electron chi connectivity index (χ1n) is 3.29. The molecule has 0 amide bonds. The molecule has 1 unspecified atom stereocenters. The van der Waals surface area contributed by atoms with Crippen molar-refractivity contribution in [3.05, 3.63) is 0 Å². The molecule has 1 aliphatic heterocycles. The van der Waals surface area contributed by atoms with Gasteiger partial charge in [-0.15, -0.1) is 0 Å². The van der Waals surface area contributed by atoms with E-state index in [0.717, 1.165) is 19.5 Å². The number of rotatable bonds is 1. The van der Waals surface area contributed by atoms with Crippen molar-refractivity contribution >= 4 is 5.84 Å². The summed E-state index contributed by atoms with van der Waals surface area (Å²) in [6.45, 7) is 3.91. The molecule has 52 valence electrons. The number of aliphatic imine (C=N–C) groups is 1. The molecule has 9 heavy (non-hydrogen) atoms. The van der Waals surface area contributed by atoms with Crippen molar-refractivity contribution in [3.63, 3.8) is 0 Å². The SMILES string of the molecule is CC(N)=NC1CCNC1. The molecule has 1 saturated heterocycles. The van der Waals surface area contributed by atoms with E-state index in [1.807, 2.05) is 6.92 Å². The summed E-state index contributed by atoms with van der Waals surface area (Å²) >= 11 is 0. The van der Waals surface area contributed by atoms with E-state index in [9.17, 15) is 0 Å². The minimum absolute atomic E-state index is 0.440. The third-order valence-electron chi connectivity index (χ3n) is 1.42. The summed E-state index contributed by atoms with van der Waals surface area (Å²) in [5.41, 5.74) is 5.39. The van der Waals surface area contributed by atoms with Crippen LogP contribution in [0.15, 0.2) is 4.99 Å². The van der Waals surface area contributed by atoms with Gasteiger partial charge in [0.05, 0.1) is 11.9 Å². The second-order valence-corrected chi connectivity index (χ2v) is 2.42. The Bertz CT molecular complexity index is 109. The molecule has 0 aromatic heterocycles. The van der Waals surface area contributed by atoms with Crippen LogP contribution in [0.3, 0.4) is 0 Å². The van der Waals surface area contributed by atoms with Gasteiger partial charge in [0.1, 0.15) is 0 Å². The fourth-order valence-electron chi connectivity index (χ4n) is 1.04. The van der Waals surface area contributed by atoms with Crippen LogP contribution in [0, 0.1) is 0 Å². The summed E-state index contributed by atoms with van der Waals surface area (Å²) in [7, 11) is 0. The maximum atomic E-state index is 5.39. The highest BCUT2D eigenvalue weighted by molar-refractivity contribution is 5.77. The van der Waals surface area contributed by atoms with Gasteiger partial charge in [-0.05, 0) is 19.9 Å². The lowest BCUT2D eigenvalue weighted by molar-refractivity contribution is 0.742. The van der Waals surface area contributed by atoms with Crippen LogP contribution in [0.4, 0.5) is 0 Å². The Balaban J connectivity index is 2.35. The molecular formula is C6H13N3. The van der Waals surface area contributed by atoms with Crippen molar-refractivity contribution in [2.45, 2.75) is 19.4 Å². The Kier molecular flexibility index (Phi) is 2.05. The second-order valence-electron chi connectivity index (χ2n) is 2.42. The van der Waals surface area contributed by atoms with Crippen molar-refractivity contribution in [2.75, 3.05) is 13.1 Å². The highest BCUT2D eigenvalue weighted by Gasteiger charge is 2.11. The largest absolute Gasteiger partial charge is 0.388 e. The molecule has 0 saturated carbocycles. The fourth-order valence-corrected chi connectivity index (χ4v) is 1.04. The quantitative estimate of drug-likeness (QED) is 0.376. The van der Waals surface area contributed by atoms with Crippen LogP contribution in [-0.2, 0) is 0 Å². The molecule has 0 bridgehead atoms. The van der Waals surface area contributed by atoms with E-state index in [1.54, 1.807) is 0 Å². The number of amidine groups is 1. The minimum atomic E-state index is 0.440. The molecule has 3 nitrogen and oxygen atoms in total. The summed E-state index contributed by atoms with van der Waals surface area (Å²) < 4.78 is 0. The predicted octanol–water partition coefficient (Wildman–Crippen LogP) is -0.275. The molecule has 0 aromatic carbocycles. The molecular weight excluding hydrogens is 114 g/mol. The summed E-state index contributed by atoms with van der Waals surface area (Å²) in [5.74, 6) is 0.698. The molecule has 1 aliphatic rings. The van der Waals surface area contributed by atoms with Crippen LogP contribution in [0.25, 0.3) is 0 Å². The van der Waals surface area contributed by atoms with Gasteiger partial charge in [-0.25, -0.2) is 0 Å². The van der Waals surface area contributed by atoms with Gasteiger partial charge < -0.3 is 11.1 Å². The summed E-state index contributed by atoms with van der Waals surface area (Å²) in [5, 5.41) is 3.22. The van der Waals surface area contributed by atoms with E-state index in [1.165, 1.54) is 0 Å². The van der Waals surface area contributed by atoms with Crippen LogP contribution >= 0.6 is 0 Å². The first kappa shape index (κ1) is 6.55. The monoisotopic (exact) mass is 127 g/mol. The van der Waals surface area contributed by atoms with Gasteiger partial charge in [0.25, 0.3) is 0 Å². The lowest BCUT2D eigenvalue weighted by Crippen LogP contribution is -2.15. The number of nitrogens with zero attached hydrogens (tertiary/aromatic N) is 1. The summed E-state index contributed by atoms with van der Waals surface area (Å²) in [6.07, 6.45) is 1.13. The highest BCUT2D eigenvalue weighted by atomic mass is 15.0. The van der Waals surface area contributed by atoms with Crippen LogP contribution in [0.1, 0.15) is 13.3 Å². The third-order valence-corrected chi connectivity index (χ3v) is 1.42. The van der Waals surface area contributed by atoms with Crippen LogP contribution in [0.2, 0.25) is 0 Å². The van der Waals surface area contributed by atoms with Crippen molar-refractivity contribution in [3.8, 4) is 0 Å². The van der Waals surface area contributed by atoms with E-state index >= 15 is 0 Å². The summed E-state index contributed by atoms with van der Waals surface area (Å²) in [4.78, 5) is 4.21. The van der Waals surface area contributed by atoms with Crippen molar-refractivity contribution < 1.29 is 0 Å². The van der Waals surface area contributed by atoms with E-state index in [2.05, 4.69) is 10.3 Å². The third kappa shape index (κ3) is 2.01. The van der Waals surface area contributed by atoms with E-state index in [0.29, 0.717) is 11.9 Å². The van der Waals surface area contributed by atoms with Gasteiger partial charge in [0.2, 0.25) is 0 Å². The Morgan fingerprint density at radius 3 is 3.00 bits per heavy atom. The second kappa shape index (κ2) is 2.82. The molecule has 1 fully saturated rings. The number of hydrogen-bond acceptors (Lipinski definition) is 2. The first-order chi connectivity index (χ1) is 4.29.